The van der Waals surface area contributed by atoms with Crippen LogP contribution in [0.25, 0.3) is 5.69 Å². The number of hydrogen-bond acceptors (Lipinski definition) is 3. The van der Waals surface area contributed by atoms with Crippen LogP contribution < -0.4 is 5.32 Å². The van der Waals surface area contributed by atoms with Gasteiger partial charge in [0.25, 0.3) is 0 Å². The van der Waals surface area contributed by atoms with Crippen LogP contribution in [0, 0.1) is 13.8 Å². The zero-order valence-corrected chi connectivity index (χ0v) is 19.6. The van der Waals surface area contributed by atoms with E-state index in [9.17, 15) is 0 Å². The first kappa shape index (κ1) is 21.8. The van der Waals surface area contributed by atoms with Crippen molar-refractivity contribution in [3.63, 3.8) is 0 Å². The smallest absolute Gasteiger partial charge is 0.170 e. The zero-order valence-electron chi connectivity index (χ0n) is 18.0. The highest BCUT2D eigenvalue weighted by molar-refractivity contribution is 7.80. The van der Waals surface area contributed by atoms with E-state index < -0.39 is 0 Å². The van der Waals surface area contributed by atoms with E-state index in [0.717, 1.165) is 40.2 Å². The van der Waals surface area contributed by atoms with Crippen molar-refractivity contribution in [2.24, 2.45) is 0 Å². The van der Waals surface area contributed by atoms with E-state index >= 15 is 0 Å². The summed E-state index contributed by atoms with van der Waals surface area (Å²) in [4.78, 5) is 6.91. The molecule has 1 saturated heterocycles. The molecule has 3 heterocycles. The van der Waals surface area contributed by atoms with Gasteiger partial charge in [-0.05, 0) is 74.4 Å². The summed E-state index contributed by atoms with van der Waals surface area (Å²) in [6, 6.07) is 16.3. The van der Waals surface area contributed by atoms with Gasteiger partial charge in [0.05, 0.1) is 17.8 Å². The van der Waals surface area contributed by atoms with Crippen LogP contribution in [0.1, 0.15) is 41.1 Å². The standard InChI is InChI=1S/C24H27ClN4OS/c1-16-14-20(17(2)29(16)19-9-6-8-18(25)15-19)23-22(21-10-4-5-11-26-21)27-24(31)28(23)12-7-13-30-3/h4-6,8-11,14-15,22-23H,7,12-13H2,1-3H3,(H,27,31)/t22-,23-/m1/s1. The molecule has 1 aliphatic rings. The molecule has 1 aromatic carbocycles. The summed E-state index contributed by atoms with van der Waals surface area (Å²) in [5, 5.41) is 5.00. The Kier molecular flexibility index (Phi) is 6.60. The summed E-state index contributed by atoms with van der Waals surface area (Å²) in [6.45, 7) is 5.80. The second kappa shape index (κ2) is 9.39. The van der Waals surface area contributed by atoms with E-state index in [2.05, 4.69) is 51.8 Å². The van der Waals surface area contributed by atoms with Gasteiger partial charge in [-0.1, -0.05) is 23.7 Å². The van der Waals surface area contributed by atoms with Crippen molar-refractivity contribution >= 4 is 28.9 Å². The van der Waals surface area contributed by atoms with Gasteiger partial charge >= 0.3 is 0 Å². The van der Waals surface area contributed by atoms with E-state index in [-0.39, 0.29) is 12.1 Å². The molecule has 3 aromatic rings. The molecular weight excluding hydrogens is 428 g/mol. The van der Waals surface area contributed by atoms with Crippen LogP contribution in [-0.4, -0.2) is 39.8 Å². The third kappa shape index (κ3) is 4.33. The summed E-state index contributed by atoms with van der Waals surface area (Å²) < 4.78 is 7.54. The number of aromatic nitrogens is 2. The number of methoxy groups -OCH3 is 1. The van der Waals surface area contributed by atoms with Crippen molar-refractivity contribution in [3.05, 3.63) is 82.4 Å². The average molecular weight is 455 g/mol. The molecule has 31 heavy (non-hydrogen) atoms. The lowest BCUT2D eigenvalue weighted by molar-refractivity contribution is 0.180. The van der Waals surface area contributed by atoms with Crippen molar-refractivity contribution in [1.29, 1.82) is 0 Å². The molecule has 0 spiro atoms. The molecule has 4 rings (SSSR count). The maximum Gasteiger partial charge on any atom is 0.170 e. The Morgan fingerprint density at radius 1 is 1.16 bits per heavy atom. The Bertz CT molecular complexity index is 1070. The van der Waals surface area contributed by atoms with E-state index in [0.29, 0.717) is 6.61 Å². The predicted octanol–water partition coefficient (Wildman–Crippen LogP) is 5.15. The summed E-state index contributed by atoms with van der Waals surface area (Å²) in [7, 11) is 1.73. The minimum absolute atomic E-state index is 0.0236. The van der Waals surface area contributed by atoms with Crippen LogP contribution in [0.15, 0.2) is 54.7 Å². The van der Waals surface area contributed by atoms with E-state index in [1.165, 1.54) is 11.3 Å². The van der Waals surface area contributed by atoms with Gasteiger partial charge in [0.15, 0.2) is 5.11 Å². The van der Waals surface area contributed by atoms with Crippen LogP contribution >= 0.6 is 23.8 Å². The average Bonchev–Trinajstić information content (AvgIpc) is 3.24. The lowest BCUT2D eigenvalue weighted by Gasteiger charge is -2.28. The van der Waals surface area contributed by atoms with Crippen LogP contribution in [-0.2, 0) is 4.74 Å². The molecule has 1 N–H and O–H groups in total. The number of hydrogen-bond donors (Lipinski definition) is 1. The lowest BCUT2D eigenvalue weighted by Crippen LogP contribution is -2.31. The monoisotopic (exact) mass is 454 g/mol. The van der Waals surface area contributed by atoms with Crippen LogP contribution in [0.4, 0.5) is 0 Å². The van der Waals surface area contributed by atoms with Crippen LogP contribution in [0.2, 0.25) is 5.02 Å². The molecule has 1 fully saturated rings. The third-order valence-corrected chi connectivity index (χ3v) is 6.39. The summed E-state index contributed by atoms with van der Waals surface area (Å²) in [5.41, 5.74) is 5.61. The molecule has 162 valence electrons. The van der Waals surface area contributed by atoms with Crippen molar-refractivity contribution in [2.45, 2.75) is 32.4 Å². The minimum atomic E-state index is -0.0236. The molecule has 0 unspecified atom stereocenters. The maximum absolute atomic E-state index is 6.28. The number of halogens is 1. The highest BCUT2D eigenvalue weighted by Crippen LogP contribution is 2.41. The molecule has 0 bridgehead atoms. The second-order valence-corrected chi connectivity index (χ2v) is 8.63. The summed E-state index contributed by atoms with van der Waals surface area (Å²) in [6.07, 6.45) is 2.73. The molecule has 1 aliphatic heterocycles. The molecule has 0 amide bonds. The fourth-order valence-electron chi connectivity index (χ4n) is 4.46. The number of nitrogens with zero attached hydrogens (tertiary/aromatic N) is 3. The highest BCUT2D eigenvalue weighted by Gasteiger charge is 2.41. The normalized spacial score (nSPS) is 18.5. The van der Waals surface area contributed by atoms with Crippen molar-refractivity contribution in [1.82, 2.24) is 19.8 Å². The van der Waals surface area contributed by atoms with E-state index in [1.54, 1.807) is 7.11 Å². The number of nitrogens with one attached hydrogen (secondary N) is 1. The zero-order chi connectivity index (χ0) is 22.0. The largest absolute Gasteiger partial charge is 0.385 e. The van der Waals surface area contributed by atoms with Crippen molar-refractivity contribution in [2.75, 3.05) is 20.3 Å². The Hall–Kier alpha value is -2.41. The number of thiocarbonyl (C=S) groups is 1. The number of pyridine rings is 1. The number of rotatable bonds is 7. The lowest BCUT2D eigenvalue weighted by atomic mass is 9.96. The molecule has 2 aromatic heterocycles. The molecule has 5 nitrogen and oxygen atoms in total. The summed E-state index contributed by atoms with van der Waals surface area (Å²) >= 11 is 12.0. The fourth-order valence-corrected chi connectivity index (χ4v) is 4.98. The molecule has 0 aliphatic carbocycles. The van der Waals surface area contributed by atoms with Crippen molar-refractivity contribution in [3.8, 4) is 5.69 Å². The van der Waals surface area contributed by atoms with Gasteiger partial charge in [0.1, 0.15) is 0 Å². The van der Waals surface area contributed by atoms with Gasteiger partial charge in [-0.2, -0.15) is 0 Å². The summed E-state index contributed by atoms with van der Waals surface area (Å²) in [5.74, 6) is 0. The first-order chi connectivity index (χ1) is 15.0. The molecule has 0 radical (unpaired) electrons. The molecule has 7 heteroatoms. The Balaban J connectivity index is 1.79. The topological polar surface area (TPSA) is 42.3 Å². The molecule has 2 atom stereocenters. The van der Waals surface area contributed by atoms with Crippen LogP contribution in [0.3, 0.4) is 0 Å². The van der Waals surface area contributed by atoms with Gasteiger partial charge in [0, 0.05) is 48.6 Å². The third-order valence-electron chi connectivity index (χ3n) is 5.80. The van der Waals surface area contributed by atoms with Gasteiger partial charge in [-0.15, -0.1) is 0 Å². The minimum Gasteiger partial charge on any atom is -0.385 e. The number of benzene rings is 1. The SMILES string of the molecule is COCCCN1C(=S)N[C@H](c2ccccn2)[C@H]1c1cc(C)n(-c2cccc(Cl)c2)c1C. The highest BCUT2D eigenvalue weighted by atomic mass is 35.5. The second-order valence-electron chi connectivity index (χ2n) is 7.81. The first-order valence-electron chi connectivity index (χ1n) is 10.4. The quantitative estimate of drug-likeness (QED) is 0.395. The first-order valence-corrected chi connectivity index (χ1v) is 11.2. The van der Waals surface area contributed by atoms with Gasteiger partial charge in [0.2, 0.25) is 0 Å². The Labute approximate surface area is 194 Å². The molecular formula is C24H27ClN4OS. The van der Waals surface area contributed by atoms with Gasteiger partial charge < -0.3 is 19.5 Å². The van der Waals surface area contributed by atoms with Crippen molar-refractivity contribution < 1.29 is 4.74 Å². The fraction of sp³-hybridized carbons (Fsp3) is 0.333. The Morgan fingerprint density at radius 2 is 2.00 bits per heavy atom. The van der Waals surface area contributed by atoms with Crippen LogP contribution in [0.5, 0.6) is 0 Å². The Morgan fingerprint density at radius 3 is 2.71 bits per heavy atom. The van der Waals surface area contributed by atoms with Gasteiger partial charge in [-0.3, -0.25) is 4.98 Å². The number of aryl methyl sites for hydroxylation is 1. The predicted molar refractivity (Wildman–Crippen MR) is 129 cm³/mol. The number of ether oxygens (including phenoxy) is 1. The maximum atomic E-state index is 6.28. The van der Waals surface area contributed by atoms with Gasteiger partial charge in [-0.25, -0.2) is 0 Å². The van der Waals surface area contributed by atoms with E-state index in [1.807, 2.05) is 36.5 Å². The van der Waals surface area contributed by atoms with E-state index in [4.69, 9.17) is 28.6 Å². The molecule has 0 saturated carbocycles.